The molecule has 0 spiro atoms. The predicted molar refractivity (Wildman–Crippen MR) is 79.4 cm³/mol. The second-order valence-electron chi connectivity index (χ2n) is 5.15. The smallest absolute Gasteiger partial charge is 0.0931 e. The SMILES string of the molecule is CN(C)C1CCCN(C(CN)c2ccc(Cl)s2)C1. The van der Waals surface area contributed by atoms with Gasteiger partial charge in [-0.15, -0.1) is 11.3 Å². The van der Waals surface area contributed by atoms with Gasteiger partial charge in [0.2, 0.25) is 0 Å². The van der Waals surface area contributed by atoms with Crippen LogP contribution in [0.15, 0.2) is 12.1 Å². The predicted octanol–water partition coefficient (Wildman–Crippen LogP) is 2.43. The minimum Gasteiger partial charge on any atom is -0.329 e. The summed E-state index contributed by atoms with van der Waals surface area (Å²) < 4.78 is 0.851. The molecule has 1 saturated heterocycles. The highest BCUT2D eigenvalue weighted by Crippen LogP contribution is 2.31. The van der Waals surface area contributed by atoms with Crippen molar-refractivity contribution in [1.82, 2.24) is 9.80 Å². The second kappa shape index (κ2) is 6.35. The zero-order valence-electron chi connectivity index (χ0n) is 11.1. The van der Waals surface area contributed by atoms with Crippen molar-refractivity contribution < 1.29 is 0 Å². The molecule has 0 radical (unpaired) electrons. The highest BCUT2D eigenvalue weighted by Gasteiger charge is 2.27. The Bertz CT molecular complexity index is 380. The quantitative estimate of drug-likeness (QED) is 0.923. The number of nitrogens with two attached hydrogens (primary N) is 1. The molecule has 1 aromatic heterocycles. The normalized spacial score (nSPS) is 23.5. The molecule has 102 valence electrons. The third-order valence-electron chi connectivity index (χ3n) is 3.74. The third kappa shape index (κ3) is 3.25. The van der Waals surface area contributed by atoms with Gasteiger partial charge in [-0.1, -0.05) is 11.6 Å². The monoisotopic (exact) mass is 287 g/mol. The zero-order valence-corrected chi connectivity index (χ0v) is 12.7. The van der Waals surface area contributed by atoms with Crippen molar-refractivity contribution in [2.45, 2.75) is 24.9 Å². The summed E-state index contributed by atoms with van der Waals surface area (Å²) in [5.74, 6) is 0. The molecule has 0 amide bonds. The van der Waals surface area contributed by atoms with E-state index in [1.165, 1.54) is 17.7 Å². The summed E-state index contributed by atoms with van der Waals surface area (Å²) in [5, 5.41) is 0. The number of halogens is 1. The van der Waals surface area contributed by atoms with Crippen molar-refractivity contribution in [3.05, 3.63) is 21.3 Å². The highest BCUT2D eigenvalue weighted by molar-refractivity contribution is 7.16. The molecule has 1 fully saturated rings. The van der Waals surface area contributed by atoms with Crippen LogP contribution in [-0.2, 0) is 0 Å². The van der Waals surface area contributed by atoms with E-state index in [4.69, 9.17) is 17.3 Å². The molecular formula is C13H22ClN3S. The summed E-state index contributed by atoms with van der Waals surface area (Å²) in [6.45, 7) is 2.91. The second-order valence-corrected chi connectivity index (χ2v) is 6.89. The van der Waals surface area contributed by atoms with Gasteiger partial charge in [0.1, 0.15) is 0 Å². The molecule has 1 aromatic rings. The van der Waals surface area contributed by atoms with Gasteiger partial charge in [0.25, 0.3) is 0 Å². The van der Waals surface area contributed by atoms with E-state index < -0.39 is 0 Å². The molecular weight excluding hydrogens is 266 g/mol. The van der Waals surface area contributed by atoms with Gasteiger partial charge >= 0.3 is 0 Å². The number of hydrogen-bond acceptors (Lipinski definition) is 4. The van der Waals surface area contributed by atoms with Crippen molar-refractivity contribution in [1.29, 1.82) is 0 Å². The molecule has 2 heterocycles. The number of likely N-dealkylation sites (tertiary alicyclic amines) is 1. The average molecular weight is 288 g/mol. The molecule has 0 aliphatic carbocycles. The molecule has 2 unspecified atom stereocenters. The van der Waals surface area contributed by atoms with E-state index in [9.17, 15) is 0 Å². The maximum absolute atomic E-state index is 6.03. The Morgan fingerprint density at radius 2 is 2.33 bits per heavy atom. The van der Waals surface area contributed by atoms with Crippen LogP contribution in [0.25, 0.3) is 0 Å². The van der Waals surface area contributed by atoms with E-state index in [0.29, 0.717) is 18.6 Å². The lowest BCUT2D eigenvalue weighted by molar-refractivity contribution is 0.0997. The molecule has 0 aromatic carbocycles. The van der Waals surface area contributed by atoms with Crippen molar-refractivity contribution in [3.8, 4) is 0 Å². The van der Waals surface area contributed by atoms with Crippen LogP contribution in [0.5, 0.6) is 0 Å². The zero-order chi connectivity index (χ0) is 13.1. The van der Waals surface area contributed by atoms with Crippen LogP contribution >= 0.6 is 22.9 Å². The fourth-order valence-corrected chi connectivity index (χ4v) is 3.85. The summed E-state index contributed by atoms with van der Waals surface area (Å²) in [5.41, 5.74) is 5.97. The summed E-state index contributed by atoms with van der Waals surface area (Å²) in [4.78, 5) is 6.12. The van der Waals surface area contributed by atoms with Crippen LogP contribution in [0.2, 0.25) is 4.34 Å². The first-order valence-electron chi connectivity index (χ1n) is 6.47. The Morgan fingerprint density at radius 3 is 2.89 bits per heavy atom. The topological polar surface area (TPSA) is 32.5 Å². The largest absolute Gasteiger partial charge is 0.329 e. The van der Waals surface area contributed by atoms with Crippen LogP contribution in [0.4, 0.5) is 0 Å². The molecule has 3 nitrogen and oxygen atoms in total. The Kier molecular flexibility index (Phi) is 5.04. The lowest BCUT2D eigenvalue weighted by Crippen LogP contribution is -2.47. The first kappa shape index (κ1) is 14.3. The summed E-state index contributed by atoms with van der Waals surface area (Å²) in [7, 11) is 4.32. The van der Waals surface area contributed by atoms with Crippen molar-refractivity contribution in [2.75, 3.05) is 33.7 Å². The van der Waals surface area contributed by atoms with E-state index >= 15 is 0 Å². The highest BCUT2D eigenvalue weighted by atomic mass is 35.5. The van der Waals surface area contributed by atoms with Crippen LogP contribution < -0.4 is 5.73 Å². The fraction of sp³-hybridized carbons (Fsp3) is 0.692. The molecule has 1 aliphatic heterocycles. The minimum absolute atomic E-state index is 0.324. The molecule has 2 N–H and O–H groups in total. The van der Waals surface area contributed by atoms with Gasteiger partial charge in [0.05, 0.1) is 10.4 Å². The van der Waals surface area contributed by atoms with Crippen LogP contribution in [-0.4, -0.2) is 49.6 Å². The van der Waals surface area contributed by atoms with Crippen LogP contribution in [0.3, 0.4) is 0 Å². The Hall–Kier alpha value is -0.130. The van der Waals surface area contributed by atoms with Gasteiger partial charge in [-0.05, 0) is 45.6 Å². The van der Waals surface area contributed by atoms with E-state index in [0.717, 1.165) is 17.4 Å². The molecule has 18 heavy (non-hydrogen) atoms. The standard InChI is InChI=1S/C13H22ClN3S/c1-16(2)10-4-3-7-17(9-10)11(8-15)12-5-6-13(14)18-12/h5-6,10-11H,3-4,7-9,15H2,1-2H3. The first-order chi connectivity index (χ1) is 8.61. The number of thiophene rings is 1. The molecule has 1 aliphatic rings. The molecule has 0 saturated carbocycles. The van der Waals surface area contributed by atoms with E-state index in [1.807, 2.05) is 6.07 Å². The summed E-state index contributed by atoms with van der Waals surface area (Å²) in [6.07, 6.45) is 2.53. The fourth-order valence-electron chi connectivity index (χ4n) is 2.64. The van der Waals surface area contributed by atoms with E-state index in [-0.39, 0.29) is 0 Å². The first-order valence-corrected chi connectivity index (χ1v) is 7.67. The molecule has 2 rings (SSSR count). The number of rotatable bonds is 4. The third-order valence-corrected chi connectivity index (χ3v) is 5.08. The van der Waals surface area contributed by atoms with Gasteiger partial charge in [-0.2, -0.15) is 0 Å². The number of hydrogen-bond donors (Lipinski definition) is 1. The summed E-state index contributed by atoms with van der Waals surface area (Å²) >= 11 is 7.68. The van der Waals surface area contributed by atoms with Gasteiger partial charge in [0.15, 0.2) is 0 Å². The van der Waals surface area contributed by atoms with Crippen molar-refractivity contribution in [3.63, 3.8) is 0 Å². The van der Waals surface area contributed by atoms with Gasteiger partial charge in [-0.3, -0.25) is 4.90 Å². The molecule has 5 heteroatoms. The lowest BCUT2D eigenvalue weighted by atomic mass is 10.0. The Morgan fingerprint density at radius 1 is 1.56 bits per heavy atom. The number of likely N-dealkylation sites (N-methyl/N-ethyl adjacent to an activating group) is 1. The maximum Gasteiger partial charge on any atom is 0.0931 e. The van der Waals surface area contributed by atoms with E-state index in [1.54, 1.807) is 11.3 Å². The van der Waals surface area contributed by atoms with Gasteiger partial charge in [-0.25, -0.2) is 0 Å². The van der Waals surface area contributed by atoms with Crippen LogP contribution in [0, 0.1) is 0 Å². The summed E-state index contributed by atoms with van der Waals surface area (Å²) in [6, 6.07) is 5.05. The minimum atomic E-state index is 0.324. The Labute approximate surface area is 119 Å². The van der Waals surface area contributed by atoms with Gasteiger partial charge < -0.3 is 10.6 Å². The van der Waals surface area contributed by atoms with Crippen molar-refractivity contribution >= 4 is 22.9 Å². The Balaban J connectivity index is 2.08. The van der Waals surface area contributed by atoms with E-state index in [2.05, 4.69) is 30.0 Å². The van der Waals surface area contributed by atoms with Gasteiger partial charge in [0, 0.05) is 24.0 Å². The maximum atomic E-state index is 6.03. The number of nitrogens with zero attached hydrogens (tertiary/aromatic N) is 2. The van der Waals surface area contributed by atoms with Crippen molar-refractivity contribution in [2.24, 2.45) is 5.73 Å². The average Bonchev–Trinajstić information content (AvgIpc) is 2.77. The van der Waals surface area contributed by atoms with Crippen LogP contribution in [0.1, 0.15) is 23.8 Å². The molecule has 2 atom stereocenters. The number of piperidine rings is 1. The molecule has 0 bridgehead atoms. The lowest BCUT2D eigenvalue weighted by Gasteiger charge is -2.39.